The molecule has 0 bridgehead atoms. The zero-order valence-electron chi connectivity index (χ0n) is 11.1. The van der Waals surface area contributed by atoms with E-state index in [1.54, 1.807) is 0 Å². The Morgan fingerprint density at radius 3 is 2.75 bits per heavy atom. The molecule has 1 aromatic carbocycles. The van der Waals surface area contributed by atoms with E-state index in [-0.39, 0.29) is 11.7 Å². The summed E-state index contributed by atoms with van der Waals surface area (Å²) in [6.07, 6.45) is 0.325. The zero-order chi connectivity index (χ0) is 14.4. The number of hydrogen-bond donors (Lipinski definition) is 1. The number of benzene rings is 1. The number of para-hydroxylation sites is 2. The van der Waals surface area contributed by atoms with Crippen LogP contribution in [0.1, 0.15) is 12.1 Å². The minimum absolute atomic E-state index is 0.0976. The van der Waals surface area contributed by atoms with Crippen LogP contribution in [-0.2, 0) is 4.79 Å². The minimum atomic E-state index is -0.0976. The van der Waals surface area contributed by atoms with Gasteiger partial charge >= 0.3 is 0 Å². The molecule has 0 atom stereocenters. The van der Waals surface area contributed by atoms with Crippen molar-refractivity contribution in [1.82, 2.24) is 15.3 Å². The molecule has 0 unspecified atom stereocenters. The van der Waals surface area contributed by atoms with Gasteiger partial charge in [-0.1, -0.05) is 23.9 Å². The van der Waals surface area contributed by atoms with Crippen molar-refractivity contribution in [2.75, 3.05) is 12.3 Å². The second kappa shape index (κ2) is 6.87. The first kappa shape index (κ1) is 14.3. The maximum Gasteiger partial charge on any atom is 0.230 e. The average Bonchev–Trinajstić information content (AvgIpc) is 2.45. The summed E-state index contributed by atoms with van der Waals surface area (Å²) >= 11 is 1.36. The highest BCUT2D eigenvalue weighted by molar-refractivity contribution is 7.99. The van der Waals surface area contributed by atoms with Gasteiger partial charge in [0, 0.05) is 6.54 Å². The molecule has 0 saturated carbocycles. The van der Waals surface area contributed by atoms with Gasteiger partial charge in [-0.2, -0.15) is 5.26 Å². The maximum absolute atomic E-state index is 11.6. The molecule has 2 rings (SSSR count). The van der Waals surface area contributed by atoms with Crippen LogP contribution in [0.5, 0.6) is 0 Å². The number of aromatic nitrogens is 2. The number of fused-ring (bicyclic) bond motifs is 1. The van der Waals surface area contributed by atoms with E-state index < -0.39 is 0 Å². The quantitative estimate of drug-likeness (QED) is 0.672. The maximum atomic E-state index is 11.6. The molecule has 2 aromatic rings. The summed E-state index contributed by atoms with van der Waals surface area (Å²) in [6, 6.07) is 9.63. The third kappa shape index (κ3) is 3.68. The van der Waals surface area contributed by atoms with Crippen LogP contribution in [0.4, 0.5) is 0 Å². The minimum Gasteiger partial charge on any atom is -0.354 e. The Balaban J connectivity index is 2.01. The SMILES string of the molecule is Cc1nc2ccccc2nc1SCC(=O)NCCC#N. The van der Waals surface area contributed by atoms with Crippen LogP contribution in [0.15, 0.2) is 29.3 Å². The molecular weight excluding hydrogens is 272 g/mol. The fourth-order valence-electron chi connectivity index (χ4n) is 1.65. The molecule has 1 aromatic heterocycles. The van der Waals surface area contributed by atoms with Crippen LogP contribution in [0, 0.1) is 18.3 Å². The molecule has 20 heavy (non-hydrogen) atoms. The average molecular weight is 286 g/mol. The largest absolute Gasteiger partial charge is 0.354 e. The Morgan fingerprint density at radius 1 is 1.35 bits per heavy atom. The number of thioether (sulfide) groups is 1. The Morgan fingerprint density at radius 2 is 2.05 bits per heavy atom. The summed E-state index contributed by atoms with van der Waals surface area (Å²) in [5, 5.41) is 11.8. The molecule has 5 nitrogen and oxygen atoms in total. The van der Waals surface area contributed by atoms with Gasteiger partial charge in [-0.05, 0) is 19.1 Å². The monoisotopic (exact) mass is 286 g/mol. The highest BCUT2D eigenvalue weighted by Gasteiger charge is 2.08. The third-order valence-electron chi connectivity index (χ3n) is 2.60. The van der Waals surface area contributed by atoms with E-state index >= 15 is 0 Å². The second-order valence-electron chi connectivity index (χ2n) is 4.15. The van der Waals surface area contributed by atoms with Crippen LogP contribution >= 0.6 is 11.8 Å². The number of carbonyl (C=O) groups is 1. The van der Waals surface area contributed by atoms with Gasteiger partial charge in [0.05, 0.1) is 35.0 Å². The highest BCUT2D eigenvalue weighted by Crippen LogP contribution is 2.21. The Kier molecular flexibility index (Phi) is 4.91. The normalized spacial score (nSPS) is 10.2. The van der Waals surface area contributed by atoms with E-state index in [1.165, 1.54) is 11.8 Å². The molecule has 1 amide bonds. The van der Waals surface area contributed by atoms with Crippen LogP contribution < -0.4 is 5.32 Å². The van der Waals surface area contributed by atoms with E-state index in [9.17, 15) is 4.79 Å². The molecule has 6 heteroatoms. The van der Waals surface area contributed by atoms with Gasteiger partial charge in [0.2, 0.25) is 5.91 Å². The molecule has 102 valence electrons. The second-order valence-corrected chi connectivity index (χ2v) is 5.11. The lowest BCUT2D eigenvalue weighted by molar-refractivity contribution is -0.118. The highest BCUT2D eigenvalue weighted by atomic mass is 32.2. The fraction of sp³-hybridized carbons (Fsp3) is 0.286. The predicted molar refractivity (Wildman–Crippen MR) is 78.2 cm³/mol. The molecule has 0 aliphatic rings. The lowest BCUT2D eigenvalue weighted by Gasteiger charge is -2.06. The van der Waals surface area contributed by atoms with Crippen LogP contribution in [0.25, 0.3) is 11.0 Å². The molecule has 1 heterocycles. The molecule has 0 fully saturated rings. The van der Waals surface area contributed by atoms with Crippen LogP contribution in [0.2, 0.25) is 0 Å². The Bertz CT molecular complexity index is 666. The first-order valence-corrected chi connectivity index (χ1v) is 7.19. The Hall–Kier alpha value is -2.13. The molecule has 1 N–H and O–H groups in total. The molecule has 0 aliphatic carbocycles. The number of rotatable bonds is 5. The summed E-state index contributed by atoms with van der Waals surface area (Å²) in [5.74, 6) is 0.179. The van der Waals surface area contributed by atoms with Crippen molar-refractivity contribution in [3.8, 4) is 6.07 Å². The third-order valence-corrected chi connectivity index (χ3v) is 3.67. The van der Waals surface area contributed by atoms with Crippen molar-refractivity contribution in [2.45, 2.75) is 18.4 Å². The molecule has 0 saturated heterocycles. The van der Waals surface area contributed by atoms with Gasteiger partial charge in [0.25, 0.3) is 0 Å². The van der Waals surface area contributed by atoms with Crippen molar-refractivity contribution < 1.29 is 4.79 Å². The summed E-state index contributed by atoms with van der Waals surface area (Å²) < 4.78 is 0. The fourth-order valence-corrected chi connectivity index (χ4v) is 2.44. The summed E-state index contributed by atoms with van der Waals surface area (Å²) in [7, 11) is 0. The molecule has 0 radical (unpaired) electrons. The summed E-state index contributed by atoms with van der Waals surface area (Å²) in [5.41, 5.74) is 2.50. The predicted octanol–water partition coefficient (Wildman–Crippen LogP) is 2.06. The topological polar surface area (TPSA) is 78.7 Å². The van der Waals surface area contributed by atoms with Gasteiger partial charge in [-0.15, -0.1) is 0 Å². The summed E-state index contributed by atoms with van der Waals surface area (Å²) in [4.78, 5) is 20.6. The number of amides is 1. The lowest BCUT2D eigenvalue weighted by atomic mass is 10.3. The number of nitrogens with one attached hydrogen (secondary N) is 1. The summed E-state index contributed by atoms with van der Waals surface area (Å²) in [6.45, 7) is 2.27. The van der Waals surface area contributed by atoms with Gasteiger partial charge < -0.3 is 5.32 Å². The van der Waals surface area contributed by atoms with E-state index in [1.807, 2.05) is 37.3 Å². The van der Waals surface area contributed by atoms with Crippen molar-refractivity contribution in [3.63, 3.8) is 0 Å². The number of hydrogen-bond acceptors (Lipinski definition) is 5. The lowest BCUT2D eigenvalue weighted by Crippen LogP contribution is -2.25. The standard InChI is InChI=1S/C14H14N4OS/c1-10-14(20-9-13(19)16-8-4-7-15)18-12-6-3-2-5-11(12)17-10/h2-3,5-6H,4,8-9H2,1H3,(H,16,19). The first-order chi connectivity index (χ1) is 9.70. The van der Waals surface area contributed by atoms with E-state index in [0.29, 0.717) is 13.0 Å². The molecular formula is C14H14N4OS. The van der Waals surface area contributed by atoms with Gasteiger partial charge in [0.1, 0.15) is 5.03 Å². The smallest absolute Gasteiger partial charge is 0.230 e. The van der Waals surface area contributed by atoms with Crippen molar-refractivity contribution in [1.29, 1.82) is 5.26 Å². The van der Waals surface area contributed by atoms with Crippen LogP contribution in [-0.4, -0.2) is 28.2 Å². The Labute approximate surface area is 121 Å². The van der Waals surface area contributed by atoms with E-state index in [0.717, 1.165) is 21.8 Å². The van der Waals surface area contributed by atoms with Gasteiger partial charge in [-0.3, -0.25) is 4.79 Å². The van der Waals surface area contributed by atoms with E-state index in [2.05, 4.69) is 15.3 Å². The number of nitriles is 1. The first-order valence-electron chi connectivity index (χ1n) is 6.20. The molecule has 0 aliphatic heterocycles. The van der Waals surface area contributed by atoms with Gasteiger partial charge in [-0.25, -0.2) is 9.97 Å². The number of carbonyl (C=O) groups excluding carboxylic acids is 1. The van der Waals surface area contributed by atoms with Crippen molar-refractivity contribution >= 4 is 28.7 Å². The number of nitrogens with zero attached hydrogens (tertiary/aromatic N) is 3. The molecule has 0 spiro atoms. The van der Waals surface area contributed by atoms with Gasteiger partial charge in [0.15, 0.2) is 0 Å². The number of aryl methyl sites for hydroxylation is 1. The van der Waals surface area contributed by atoms with Crippen LogP contribution in [0.3, 0.4) is 0 Å². The zero-order valence-corrected chi connectivity index (χ0v) is 11.9. The van der Waals surface area contributed by atoms with E-state index in [4.69, 9.17) is 5.26 Å². The van der Waals surface area contributed by atoms with Crippen molar-refractivity contribution in [3.05, 3.63) is 30.0 Å². The van der Waals surface area contributed by atoms with Crippen molar-refractivity contribution in [2.24, 2.45) is 0 Å².